The first-order valence-electron chi connectivity index (χ1n) is 4.41. The molecule has 0 saturated heterocycles. The highest BCUT2D eigenvalue weighted by Gasteiger charge is 2.06. The van der Waals surface area contributed by atoms with Crippen molar-refractivity contribution in [2.75, 3.05) is 7.11 Å². The lowest BCUT2D eigenvalue weighted by atomic mass is 10.1. The molecule has 0 saturated carbocycles. The molecule has 0 aliphatic heterocycles. The Bertz CT molecular complexity index is 530. The fourth-order valence-corrected chi connectivity index (χ4v) is 2.33. The zero-order valence-corrected chi connectivity index (χ0v) is 10.0. The molecule has 0 aliphatic carbocycles. The largest absolute Gasteiger partial charge is 0.497 e. The quantitative estimate of drug-likeness (QED) is 0.816. The SMILES string of the molecule is COc1ccc(-c2n[nH]c(=S)s2)c(C)c1. The Labute approximate surface area is 96.7 Å². The third-order valence-corrected chi connectivity index (χ3v) is 3.22. The summed E-state index contributed by atoms with van der Waals surface area (Å²) in [4.78, 5) is 0. The van der Waals surface area contributed by atoms with E-state index in [9.17, 15) is 0 Å². The first-order chi connectivity index (χ1) is 7.20. The topological polar surface area (TPSA) is 37.9 Å². The maximum Gasteiger partial charge on any atom is 0.176 e. The molecule has 0 radical (unpaired) electrons. The number of ether oxygens (including phenoxy) is 1. The van der Waals surface area contributed by atoms with E-state index in [0.29, 0.717) is 3.95 Å². The van der Waals surface area contributed by atoms with Crippen molar-refractivity contribution in [3.8, 4) is 16.3 Å². The van der Waals surface area contributed by atoms with Crippen LogP contribution in [-0.2, 0) is 0 Å². The van der Waals surface area contributed by atoms with Crippen molar-refractivity contribution in [3.63, 3.8) is 0 Å². The number of aromatic nitrogens is 2. The molecule has 2 aromatic rings. The number of hydrogen-bond donors (Lipinski definition) is 1. The lowest BCUT2D eigenvalue weighted by Gasteiger charge is -2.04. The van der Waals surface area contributed by atoms with E-state index in [0.717, 1.165) is 21.9 Å². The predicted molar refractivity (Wildman–Crippen MR) is 64.0 cm³/mol. The zero-order chi connectivity index (χ0) is 10.8. The second kappa shape index (κ2) is 4.12. The van der Waals surface area contributed by atoms with E-state index >= 15 is 0 Å². The van der Waals surface area contributed by atoms with Gasteiger partial charge in [-0.1, -0.05) is 11.3 Å². The molecule has 1 aromatic carbocycles. The van der Waals surface area contributed by atoms with E-state index in [-0.39, 0.29) is 0 Å². The van der Waals surface area contributed by atoms with Crippen molar-refractivity contribution in [2.24, 2.45) is 0 Å². The molecule has 0 atom stereocenters. The number of aromatic amines is 1. The summed E-state index contributed by atoms with van der Waals surface area (Å²) in [5.41, 5.74) is 2.22. The van der Waals surface area contributed by atoms with Gasteiger partial charge < -0.3 is 4.74 Å². The number of H-pyrrole nitrogens is 1. The molecular formula is C10H10N2OS2. The number of nitrogens with one attached hydrogen (secondary N) is 1. The summed E-state index contributed by atoms with van der Waals surface area (Å²) in [6, 6.07) is 5.90. The monoisotopic (exact) mass is 238 g/mol. The average molecular weight is 238 g/mol. The van der Waals surface area contributed by atoms with Crippen molar-refractivity contribution in [1.29, 1.82) is 0 Å². The van der Waals surface area contributed by atoms with Crippen LogP contribution in [0.3, 0.4) is 0 Å². The average Bonchev–Trinajstić information content (AvgIpc) is 2.64. The molecule has 5 heteroatoms. The van der Waals surface area contributed by atoms with Crippen molar-refractivity contribution in [2.45, 2.75) is 6.92 Å². The van der Waals surface area contributed by atoms with Crippen LogP contribution in [-0.4, -0.2) is 17.3 Å². The van der Waals surface area contributed by atoms with Crippen LogP contribution in [0.25, 0.3) is 10.6 Å². The van der Waals surface area contributed by atoms with E-state index < -0.39 is 0 Å². The van der Waals surface area contributed by atoms with Crippen LogP contribution >= 0.6 is 23.6 Å². The normalized spacial score (nSPS) is 10.3. The Hall–Kier alpha value is -1.20. The van der Waals surface area contributed by atoms with Gasteiger partial charge >= 0.3 is 0 Å². The maximum absolute atomic E-state index is 5.15. The highest BCUT2D eigenvalue weighted by atomic mass is 32.1. The summed E-state index contributed by atoms with van der Waals surface area (Å²) in [7, 11) is 1.66. The molecule has 1 heterocycles. The minimum absolute atomic E-state index is 0.695. The van der Waals surface area contributed by atoms with Crippen molar-refractivity contribution >= 4 is 23.6 Å². The van der Waals surface area contributed by atoms with Crippen LogP contribution < -0.4 is 4.74 Å². The molecule has 0 unspecified atom stereocenters. The van der Waals surface area contributed by atoms with Gasteiger partial charge in [-0.05, 0) is 42.9 Å². The fourth-order valence-electron chi connectivity index (χ4n) is 1.35. The molecule has 2 rings (SSSR count). The molecule has 15 heavy (non-hydrogen) atoms. The van der Waals surface area contributed by atoms with Crippen molar-refractivity contribution in [3.05, 3.63) is 27.7 Å². The Morgan fingerprint density at radius 3 is 2.80 bits per heavy atom. The number of hydrogen-bond acceptors (Lipinski definition) is 4. The minimum atomic E-state index is 0.695. The van der Waals surface area contributed by atoms with Gasteiger partial charge in [-0.2, -0.15) is 5.10 Å². The predicted octanol–water partition coefficient (Wildman–Crippen LogP) is 3.18. The van der Waals surface area contributed by atoms with E-state index in [1.807, 2.05) is 25.1 Å². The summed E-state index contributed by atoms with van der Waals surface area (Å²) < 4.78 is 5.84. The van der Waals surface area contributed by atoms with Gasteiger partial charge in [-0.3, -0.25) is 5.10 Å². The summed E-state index contributed by atoms with van der Waals surface area (Å²) >= 11 is 6.48. The van der Waals surface area contributed by atoms with Gasteiger partial charge in [0.2, 0.25) is 0 Å². The van der Waals surface area contributed by atoms with E-state index in [4.69, 9.17) is 17.0 Å². The maximum atomic E-state index is 5.15. The summed E-state index contributed by atoms with van der Waals surface area (Å²) in [5, 5.41) is 7.84. The summed E-state index contributed by atoms with van der Waals surface area (Å²) in [6.07, 6.45) is 0. The first kappa shape index (κ1) is 10.3. The summed E-state index contributed by atoms with van der Waals surface area (Å²) in [6.45, 7) is 2.03. The van der Waals surface area contributed by atoms with Gasteiger partial charge in [0.25, 0.3) is 0 Å². The van der Waals surface area contributed by atoms with Crippen molar-refractivity contribution in [1.82, 2.24) is 10.2 Å². The van der Waals surface area contributed by atoms with E-state index in [1.54, 1.807) is 7.11 Å². The molecule has 78 valence electrons. The Morgan fingerprint density at radius 2 is 2.27 bits per heavy atom. The summed E-state index contributed by atoms with van der Waals surface area (Å²) in [5.74, 6) is 0.857. The highest BCUT2D eigenvalue weighted by molar-refractivity contribution is 7.73. The van der Waals surface area contributed by atoms with E-state index in [1.165, 1.54) is 11.3 Å². The lowest BCUT2D eigenvalue weighted by molar-refractivity contribution is 0.414. The second-order valence-electron chi connectivity index (χ2n) is 3.10. The number of nitrogens with zero attached hydrogens (tertiary/aromatic N) is 1. The number of benzene rings is 1. The third kappa shape index (κ3) is 2.08. The van der Waals surface area contributed by atoms with Crippen LogP contribution in [0, 0.1) is 10.9 Å². The number of aryl methyl sites for hydroxylation is 1. The molecular weight excluding hydrogens is 228 g/mol. The van der Waals surface area contributed by atoms with Gasteiger partial charge in [0.05, 0.1) is 7.11 Å². The molecule has 1 aromatic heterocycles. The molecule has 1 N–H and O–H groups in total. The van der Waals surface area contributed by atoms with Gasteiger partial charge in [-0.15, -0.1) is 0 Å². The van der Waals surface area contributed by atoms with Gasteiger partial charge in [0.15, 0.2) is 3.95 Å². The minimum Gasteiger partial charge on any atom is -0.497 e. The molecule has 0 aliphatic rings. The molecule has 0 spiro atoms. The standard InChI is InChI=1S/C10H10N2OS2/c1-6-5-7(13-2)3-4-8(6)9-11-12-10(14)15-9/h3-5H,1-2H3,(H,12,14). The van der Waals surface area contributed by atoms with Crippen LogP contribution in [0.2, 0.25) is 0 Å². The Morgan fingerprint density at radius 1 is 1.47 bits per heavy atom. The van der Waals surface area contributed by atoms with Crippen LogP contribution in [0.15, 0.2) is 18.2 Å². The van der Waals surface area contributed by atoms with Crippen molar-refractivity contribution < 1.29 is 4.74 Å². The van der Waals surface area contributed by atoms with Crippen LogP contribution in [0.4, 0.5) is 0 Å². The Balaban J connectivity index is 2.49. The number of methoxy groups -OCH3 is 1. The molecule has 0 amide bonds. The van der Waals surface area contributed by atoms with E-state index in [2.05, 4.69) is 10.2 Å². The van der Waals surface area contributed by atoms with Crippen LogP contribution in [0.1, 0.15) is 5.56 Å². The molecule has 0 bridgehead atoms. The molecule has 3 nitrogen and oxygen atoms in total. The molecule has 0 fully saturated rings. The highest BCUT2D eigenvalue weighted by Crippen LogP contribution is 2.27. The fraction of sp³-hybridized carbons (Fsp3) is 0.200. The number of rotatable bonds is 2. The van der Waals surface area contributed by atoms with Gasteiger partial charge in [-0.25, -0.2) is 0 Å². The Kier molecular flexibility index (Phi) is 2.83. The second-order valence-corrected chi connectivity index (χ2v) is 4.76. The van der Waals surface area contributed by atoms with Crippen LogP contribution in [0.5, 0.6) is 5.75 Å². The lowest BCUT2D eigenvalue weighted by Crippen LogP contribution is -1.86. The van der Waals surface area contributed by atoms with Gasteiger partial charge in [0, 0.05) is 5.56 Å². The first-order valence-corrected chi connectivity index (χ1v) is 5.63. The van der Waals surface area contributed by atoms with Gasteiger partial charge in [0.1, 0.15) is 10.8 Å². The smallest absolute Gasteiger partial charge is 0.176 e. The third-order valence-electron chi connectivity index (χ3n) is 2.10. The zero-order valence-electron chi connectivity index (χ0n) is 8.40.